The van der Waals surface area contributed by atoms with Crippen LogP contribution < -0.4 is 27.4 Å². The molecule has 2 aromatic heterocycles. The number of H-pyrrole nitrogens is 1. The Morgan fingerprint density at radius 3 is 2.50 bits per heavy atom. The van der Waals surface area contributed by atoms with Gasteiger partial charge in [-0.15, -0.1) is 0 Å². The minimum atomic E-state index is -0.911. The third kappa shape index (κ3) is 9.36. The first-order valence-corrected chi connectivity index (χ1v) is 18.4. The summed E-state index contributed by atoms with van der Waals surface area (Å²) in [6, 6.07) is 12.6. The van der Waals surface area contributed by atoms with Gasteiger partial charge in [-0.1, -0.05) is 59.2 Å². The molecule has 0 spiro atoms. The van der Waals surface area contributed by atoms with E-state index in [1.807, 2.05) is 42.6 Å². The molecule has 266 valence electrons. The molecule has 0 unspecified atom stereocenters. The fraction of sp³-hybridized carbons (Fsp3) is 0.389. The van der Waals surface area contributed by atoms with Crippen molar-refractivity contribution in [2.75, 3.05) is 20.1 Å². The van der Waals surface area contributed by atoms with Gasteiger partial charge in [-0.25, -0.2) is 4.98 Å². The number of fused-ring (bicyclic) bond motifs is 3. The van der Waals surface area contributed by atoms with E-state index >= 15 is 0 Å². The summed E-state index contributed by atoms with van der Waals surface area (Å²) < 4.78 is 0. The number of aromatic amines is 1. The van der Waals surface area contributed by atoms with E-state index in [2.05, 4.69) is 25.9 Å². The molecule has 5 rings (SSSR count). The normalized spacial score (nSPS) is 19.4. The Bertz CT molecular complexity index is 1800. The maximum absolute atomic E-state index is 14.4. The smallest absolute Gasteiger partial charge is 0.245 e. The Balaban J connectivity index is 1.57. The van der Waals surface area contributed by atoms with E-state index in [4.69, 9.17) is 34.7 Å². The number of pyridine rings is 1. The zero-order valence-corrected chi connectivity index (χ0v) is 30.3. The van der Waals surface area contributed by atoms with Crippen LogP contribution in [-0.4, -0.2) is 70.9 Å². The number of carbonyl (C=O) groups excluding carboxylic acids is 3. The number of hydrogen-bond acceptors (Lipinski definition) is 8. The Labute approximate surface area is 306 Å². The monoisotopic (exact) mass is 738 g/mol. The average Bonchev–Trinajstić information content (AvgIpc) is 3.52. The van der Waals surface area contributed by atoms with Gasteiger partial charge in [0, 0.05) is 59.8 Å². The van der Waals surface area contributed by atoms with Crippen LogP contribution in [0.2, 0.25) is 10.0 Å². The number of hydrogen-bond donors (Lipinski definition) is 6. The molecule has 0 radical (unpaired) electrons. The van der Waals surface area contributed by atoms with E-state index in [0.717, 1.165) is 22.0 Å². The fourth-order valence-corrected chi connectivity index (χ4v) is 7.77. The molecule has 0 saturated heterocycles. The third-order valence-electron chi connectivity index (χ3n) is 8.91. The number of carbonyl (C=O) groups is 3. The number of nitrogens with one attached hydrogen (secondary N) is 4. The lowest BCUT2D eigenvalue weighted by Gasteiger charge is -2.32. The Kier molecular flexibility index (Phi) is 13.6. The van der Waals surface area contributed by atoms with Crippen molar-refractivity contribution < 1.29 is 14.4 Å². The number of aromatic nitrogens is 2. The highest BCUT2D eigenvalue weighted by Crippen LogP contribution is 2.38. The van der Waals surface area contributed by atoms with Crippen molar-refractivity contribution in [2.45, 2.75) is 79.7 Å². The zero-order chi connectivity index (χ0) is 35.6. The fourth-order valence-electron chi connectivity index (χ4n) is 6.12. The summed E-state index contributed by atoms with van der Waals surface area (Å²) in [7, 11) is 1.61. The van der Waals surface area contributed by atoms with Crippen molar-refractivity contribution in [2.24, 2.45) is 11.5 Å². The van der Waals surface area contributed by atoms with E-state index < -0.39 is 18.1 Å². The van der Waals surface area contributed by atoms with Gasteiger partial charge in [0.2, 0.25) is 17.7 Å². The van der Waals surface area contributed by atoms with E-state index in [0.29, 0.717) is 77.3 Å². The Morgan fingerprint density at radius 1 is 0.920 bits per heavy atom. The number of rotatable bonds is 9. The van der Waals surface area contributed by atoms with Gasteiger partial charge in [0.1, 0.15) is 17.1 Å². The van der Waals surface area contributed by atoms with Crippen LogP contribution in [0.25, 0.3) is 10.9 Å². The summed E-state index contributed by atoms with van der Waals surface area (Å²) in [6.07, 6.45) is 6.52. The molecule has 0 saturated carbocycles. The quantitative estimate of drug-likeness (QED) is 0.136. The van der Waals surface area contributed by atoms with Crippen LogP contribution in [0.4, 0.5) is 0 Å². The van der Waals surface area contributed by atoms with Gasteiger partial charge in [0.05, 0.1) is 11.1 Å². The minimum absolute atomic E-state index is 0.103. The number of likely N-dealkylation sites (N-methyl/N-ethyl adjacent to an activating group) is 1. The molecule has 3 amide bonds. The van der Waals surface area contributed by atoms with Crippen molar-refractivity contribution in [3.63, 3.8) is 0 Å². The lowest BCUT2D eigenvalue weighted by molar-refractivity contribution is -0.142. The number of halogens is 2. The number of benzene rings is 2. The van der Waals surface area contributed by atoms with Gasteiger partial charge in [-0.05, 0) is 86.1 Å². The highest BCUT2D eigenvalue weighted by Gasteiger charge is 2.34. The maximum atomic E-state index is 14.4. The topological polar surface area (TPSA) is 171 Å². The first kappa shape index (κ1) is 37.6. The van der Waals surface area contributed by atoms with E-state index in [-0.39, 0.29) is 30.7 Å². The molecule has 0 aliphatic carbocycles. The number of amides is 3. The Hall–Kier alpha value is -3.65. The van der Waals surface area contributed by atoms with Crippen LogP contribution in [0.15, 0.2) is 70.8 Å². The van der Waals surface area contributed by atoms with Crippen molar-refractivity contribution in [1.82, 2.24) is 30.8 Å². The predicted octanol–water partition coefficient (Wildman–Crippen LogP) is 4.53. The number of nitrogens with two attached hydrogens (primary N) is 2. The van der Waals surface area contributed by atoms with Gasteiger partial charge in [-0.2, -0.15) is 0 Å². The molecule has 14 heteroatoms. The van der Waals surface area contributed by atoms with Gasteiger partial charge < -0.3 is 37.3 Å². The van der Waals surface area contributed by atoms with E-state index in [1.165, 1.54) is 16.7 Å². The molecule has 11 nitrogen and oxygen atoms in total. The first-order chi connectivity index (χ1) is 24.2. The summed E-state index contributed by atoms with van der Waals surface area (Å²) in [4.78, 5) is 52.6. The second-order valence-corrected chi connectivity index (χ2v) is 14.2. The lowest BCUT2D eigenvalue weighted by Crippen LogP contribution is -2.57. The highest BCUT2D eigenvalue weighted by atomic mass is 35.5. The van der Waals surface area contributed by atoms with Crippen LogP contribution in [-0.2, 0) is 33.9 Å². The largest absolute Gasteiger partial charge is 0.361 e. The van der Waals surface area contributed by atoms with Crippen molar-refractivity contribution in [3.8, 4) is 0 Å². The van der Waals surface area contributed by atoms with Gasteiger partial charge in [0.25, 0.3) is 0 Å². The highest BCUT2D eigenvalue weighted by molar-refractivity contribution is 7.99. The van der Waals surface area contributed by atoms with Crippen LogP contribution >= 0.6 is 35.0 Å². The van der Waals surface area contributed by atoms with Crippen molar-refractivity contribution >= 4 is 63.6 Å². The van der Waals surface area contributed by atoms with Gasteiger partial charge in [-0.3, -0.25) is 14.4 Å². The molecule has 0 fully saturated rings. The second kappa shape index (κ2) is 18.0. The molecule has 3 atom stereocenters. The number of para-hydroxylation sites is 1. The molecule has 0 bridgehead atoms. The molecule has 3 heterocycles. The third-order valence-corrected chi connectivity index (χ3v) is 10.8. The number of nitrogens with zero attached hydrogens (tertiary/aromatic N) is 2. The van der Waals surface area contributed by atoms with Crippen molar-refractivity contribution in [3.05, 3.63) is 87.7 Å². The van der Waals surface area contributed by atoms with Crippen LogP contribution in [0.5, 0.6) is 0 Å². The molecule has 1 aliphatic rings. The standard InChI is InChI=1S/C36H44Cl2N8O3S/c1-46-31(17-23-20-42-28-10-3-2-9-26(23)28)34(48)44-21-24-16-25(37)18-27(38)32(24)50-35-22(8-7-15-41-35)19-43-29(12-6-14-40)33(47)45-30(36(46)49)11-4-5-13-39/h2-3,7-10,15-16,18,20,29-31,42-43H,4-6,11-14,17,19,21,39-40H2,1H3,(H,44,48)(H,45,47)/t29-,30+,31+/m1/s1. The number of unbranched alkanes of at least 4 members (excludes halogenated alkanes) is 1. The predicted molar refractivity (Wildman–Crippen MR) is 199 cm³/mol. The minimum Gasteiger partial charge on any atom is -0.361 e. The van der Waals surface area contributed by atoms with E-state index in [1.54, 1.807) is 25.4 Å². The summed E-state index contributed by atoms with van der Waals surface area (Å²) in [6.45, 7) is 1.29. The van der Waals surface area contributed by atoms with Crippen LogP contribution in [0, 0.1) is 0 Å². The molecule has 1 aliphatic heterocycles. The second-order valence-electron chi connectivity index (χ2n) is 12.4. The summed E-state index contributed by atoms with van der Waals surface area (Å²) in [5.41, 5.74) is 15.0. The summed E-state index contributed by atoms with van der Waals surface area (Å²) >= 11 is 14.6. The summed E-state index contributed by atoms with van der Waals surface area (Å²) in [5, 5.41) is 11.9. The zero-order valence-electron chi connectivity index (χ0n) is 28.0. The molecular formula is C36H44Cl2N8O3S. The lowest BCUT2D eigenvalue weighted by atomic mass is 10.0. The SMILES string of the molecule is CN1C(=O)[C@H](CCCCN)NC(=O)[C@@H](CCCN)NCc2cccnc2Sc2c(Cl)cc(Cl)cc2CNC(=O)[C@@H]1Cc1c[nH]c2ccccc12. The molecule has 8 N–H and O–H groups in total. The van der Waals surface area contributed by atoms with Crippen molar-refractivity contribution in [1.29, 1.82) is 0 Å². The molecule has 4 aromatic rings. The summed E-state index contributed by atoms with van der Waals surface area (Å²) in [5.74, 6) is -1.05. The first-order valence-electron chi connectivity index (χ1n) is 16.8. The van der Waals surface area contributed by atoms with Crippen LogP contribution in [0.3, 0.4) is 0 Å². The molecular weight excluding hydrogens is 695 g/mol. The molecule has 50 heavy (non-hydrogen) atoms. The van der Waals surface area contributed by atoms with E-state index in [9.17, 15) is 14.4 Å². The Morgan fingerprint density at radius 2 is 1.70 bits per heavy atom. The van der Waals surface area contributed by atoms with Gasteiger partial charge >= 0.3 is 0 Å². The molecule has 2 aromatic carbocycles. The average molecular weight is 740 g/mol. The van der Waals surface area contributed by atoms with Gasteiger partial charge in [0.15, 0.2) is 0 Å². The van der Waals surface area contributed by atoms with Crippen LogP contribution in [0.1, 0.15) is 48.8 Å². The maximum Gasteiger partial charge on any atom is 0.245 e.